The van der Waals surface area contributed by atoms with Gasteiger partial charge in [-0.2, -0.15) is 0 Å². The highest BCUT2D eigenvalue weighted by Gasteiger charge is 2.05. The highest BCUT2D eigenvalue weighted by Crippen LogP contribution is 2.20. The molecule has 0 aliphatic heterocycles. The number of aryl methyl sites for hydroxylation is 2. The van der Waals surface area contributed by atoms with Crippen LogP contribution in [0.15, 0.2) is 28.8 Å². The number of ether oxygens (including phenoxy) is 1. The number of hydrogen-bond acceptors (Lipinski definition) is 3. The minimum absolute atomic E-state index is 0.255. The van der Waals surface area contributed by atoms with E-state index in [9.17, 15) is 4.39 Å². The standard InChI is InChI=1S/C12H12FNO2/c1-8-3-4-10(13)6-12(8)15-7-11-5-9(2)14-16-11/h3-6H,7H2,1-2H3. The van der Waals surface area contributed by atoms with Crippen LogP contribution in [0.1, 0.15) is 17.0 Å². The normalized spacial score (nSPS) is 10.4. The van der Waals surface area contributed by atoms with Crippen LogP contribution in [0, 0.1) is 19.7 Å². The van der Waals surface area contributed by atoms with Gasteiger partial charge in [-0.3, -0.25) is 0 Å². The van der Waals surface area contributed by atoms with Gasteiger partial charge in [-0.1, -0.05) is 11.2 Å². The number of aromatic nitrogens is 1. The Kier molecular flexibility index (Phi) is 2.90. The molecule has 2 rings (SSSR count). The molecule has 84 valence electrons. The monoisotopic (exact) mass is 221 g/mol. The van der Waals surface area contributed by atoms with Crippen molar-refractivity contribution >= 4 is 0 Å². The maximum absolute atomic E-state index is 13.0. The number of halogens is 1. The number of rotatable bonds is 3. The molecule has 0 fully saturated rings. The van der Waals surface area contributed by atoms with E-state index in [1.54, 1.807) is 12.1 Å². The van der Waals surface area contributed by atoms with Gasteiger partial charge in [0, 0.05) is 12.1 Å². The molecule has 1 aromatic carbocycles. The van der Waals surface area contributed by atoms with Gasteiger partial charge in [0.25, 0.3) is 0 Å². The fourth-order valence-corrected chi connectivity index (χ4v) is 1.36. The molecule has 16 heavy (non-hydrogen) atoms. The van der Waals surface area contributed by atoms with Crippen molar-refractivity contribution in [2.75, 3.05) is 0 Å². The first-order chi connectivity index (χ1) is 7.65. The second-order valence-corrected chi connectivity index (χ2v) is 3.63. The van der Waals surface area contributed by atoms with Crippen molar-refractivity contribution in [1.29, 1.82) is 0 Å². The van der Waals surface area contributed by atoms with E-state index in [4.69, 9.17) is 9.26 Å². The summed E-state index contributed by atoms with van der Waals surface area (Å²) in [5, 5.41) is 3.74. The van der Waals surface area contributed by atoms with Gasteiger partial charge in [0.2, 0.25) is 0 Å². The van der Waals surface area contributed by atoms with E-state index in [1.165, 1.54) is 12.1 Å². The number of benzene rings is 1. The van der Waals surface area contributed by atoms with Crippen molar-refractivity contribution < 1.29 is 13.7 Å². The Balaban J connectivity index is 2.07. The average molecular weight is 221 g/mol. The smallest absolute Gasteiger partial charge is 0.174 e. The molecule has 0 atom stereocenters. The van der Waals surface area contributed by atoms with E-state index in [2.05, 4.69) is 5.16 Å². The van der Waals surface area contributed by atoms with E-state index in [0.29, 0.717) is 11.5 Å². The second kappa shape index (κ2) is 4.35. The van der Waals surface area contributed by atoms with Gasteiger partial charge in [0.05, 0.1) is 5.69 Å². The van der Waals surface area contributed by atoms with Crippen LogP contribution in [0.2, 0.25) is 0 Å². The Morgan fingerprint density at radius 3 is 2.81 bits per heavy atom. The van der Waals surface area contributed by atoms with Crippen LogP contribution in [0.4, 0.5) is 4.39 Å². The molecule has 0 radical (unpaired) electrons. The van der Waals surface area contributed by atoms with Crippen LogP contribution in [0.5, 0.6) is 5.75 Å². The third-order valence-corrected chi connectivity index (χ3v) is 2.20. The van der Waals surface area contributed by atoms with Gasteiger partial charge >= 0.3 is 0 Å². The molecule has 0 bridgehead atoms. The van der Waals surface area contributed by atoms with Gasteiger partial charge in [0.1, 0.15) is 18.2 Å². The van der Waals surface area contributed by atoms with Gasteiger partial charge in [-0.15, -0.1) is 0 Å². The molecule has 0 N–H and O–H groups in total. The minimum atomic E-state index is -0.311. The topological polar surface area (TPSA) is 35.3 Å². The number of hydrogen-bond donors (Lipinski definition) is 0. The first kappa shape index (κ1) is 10.7. The highest BCUT2D eigenvalue weighted by molar-refractivity contribution is 5.32. The first-order valence-corrected chi connectivity index (χ1v) is 4.96. The summed E-state index contributed by atoms with van der Waals surface area (Å²) >= 11 is 0. The van der Waals surface area contributed by atoms with E-state index in [1.807, 2.05) is 13.8 Å². The maximum Gasteiger partial charge on any atom is 0.174 e. The Bertz CT molecular complexity index is 494. The lowest BCUT2D eigenvalue weighted by atomic mass is 10.2. The van der Waals surface area contributed by atoms with Crippen LogP contribution in [-0.2, 0) is 6.61 Å². The molecular weight excluding hydrogens is 209 g/mol. The lowest BCUT2D eigenvalue weighted by molar-refractivity contribution is 0.246. The van der Waals surface area contributed by atoms with E-state index >= 15 is 0 Å². The predicted octanol–water partition coefficient (Wildman–Crippen LogP) is 3.01. The fraction of sp³-hybridized carbons (Fsp3) is 0.250. The first-order valence-electron chi connectivity index (χ1n) is 4.96. The zero-order chi connectivity index (χ0) is 11.5. The molecule has 0 aliphatic carbocycles. The van der Waals surface area contributed by atoms with Crippen molar-refractivity contribution in [3.05, 3.63) is 47.1 Å². The van der Waals surface area contributed by atoms with E-state index in [-0.39, 0.29) is 12.4 Å². The quantitative estimate of drug-likeness (QED) is 0.799. The van der Waals surface area contributed by atoms with Crippen molar-refractivity contribution in [2.45, 2.75) is 20.5 Å². The van der Waals surface area contributed by atoms with Gasteiger partial charge in [-0.25, -0.2) is 4.39 Å². The van der Waals surface area contributed by atoms with Crippen LogP contribution in [-0.4, -0.2) is 5.16 Å². The van der Waals surface area contributed by atoms with Crippen molar-refractivity contribution in [1.82, 2.24) is 5.16 Å². The molecule has 0 unspecified atom stereocenters. The zero-order valence-corrected chi connectivity index (χ0v) is 9.16. The van der Waals surface area contributed by atoms with Crippen LogP contribution < -0.4 is 4.74 Å². The van der Waals surface area contributed by atoms with Crippen LogP contribution in [0.25, 0.3) is 0 Å². The Morgan fingerprint density at radius 1 is 1.31 bits per heavy atom. The SMILES string of the molecule is Cc1cc(COc2cc(F)ccc2C)on1. The molecular formula is C12H12FNO2. The van der Waals surface area contributed by atoms with Gasteiger partial charge in [-0.05, 0) is 25.5 Å². The number of nitrogens with zero attached hydrogens (tertiary/aromatic N) is 1. The van der Waals surface area contributed by atoms with E-state index < -0.39 is 0 Å². The molecule has 1 heterocycles. The van der Waals surface area contributed by atoms with Crippen LogP contribution in [0.3, 0.4) is 0 Å². The molecule has 4 heteroatoms. The van der Waals surface area contributed by atoms with Crippen LogP contribution >= 0.6 is 0 Å². The predicted molar refractivity (Wildman–Crippen MR) is 56.7 cm³/mol. The molecule has 0 aliphatic rings. The highest BCUT2D eigenvalue weighted by atomic mass is 19.1. The lowest BCUT2D eigenvalue weighted by Crippen LogP contribution is -1.96. The average Bonchev–Trinajstić information content (AvgIpc) is 2.66. The summed E-state index contributed by atoms with van der Waals surface area (Å²) in [6.07, 6.45) is 0. The van der Waals surface area contributed by atoms with Crippen molar-refractivity contribution in [3.63, 3.8) is 0 Å². The Labute approximate surface area is 92.8 Å². The Morgan fingerprint density at radius 2 is 2.12 bits per heavy atom. The third-order valence-electron chi connectivity index (χ3n) is 2.20. The minimum Gasteiger partial charge on any atom is -0.485 e. The molecule has 0 saturated carbocycles. The van der Waals surface area contributed by atoms with Gasteiger partial charge < -0.3 is 9.26 Å². The molecule has 2 aromatic rings. The molecule has 0 spiro atoms. The van der Waals surface area contributed by atoms with Gasteiger partial charge in [0.15, 0.2) is 5.76 Å². The summed E-state index contributed by atoms with van der Waals surface area (Å²) in [6.45, 7) is 3.95. The third kappa shape index (κ3) is 2.39. The second-order valence-electron chi connectivity index (χ2n) is 3.63. The largest absolute Gasteiger partial charge is 0.485 e. The molecule has 0 saturated heterocycles. The molecule has 3 nitrogen and oxygen atoms in total. The van der Waals surface area contributed by atoms with Crippen molar-refractivity contribution in [3.8, 4) is 5.75 Å². The summed E-state index contributed by atoms with van der Waals surface area (Å²) in [7, 11) is 0. The van der Waals surface area contributed by atoms with E-state index in [0.717, 1.165) is 11.3 Å². The zero-order valence-electron chi connectivity index (χ0n) is 9.16. The fourth-order valence-electron chi connectivity index (χ4n) is 1.36. The Hall–Kier alpha value is -1.84. The maximum atomic E-state index is 13.0. The lowest BCUT2D eigenvalue weighted by Gasteiger charge is -2.06. The summed E-state index contributed by atoms with van der Waals surface area (Å²) in [4.78, 5) is 0. The summed E-state index contributed by atoms with van der Waals surface area (Å²) in [6, 6.07) is 6.23. The summed E-state index contributed by atoms with van der Waals surface area (Å²) < 4.78 is 23.4. The summed E-state index contributed by atoms with van der Waals surface area (Å²) in [5.74, 6) is 0.838. The summed E-state index contributed by atoms with van der Waals surface area (Å²) in [5.41, 5.74) is 1.69. The molecule has 1 aromatic heterocycles. The molecule has 0 amide bonds. The van der Waals surface area contributed by atoms with Crippen molar-refractivity contribution in [2.24, 2.45) is 0 Å².